The zero-order valence-corrected chi connectivity index (χ0v) is 10.3. The second-order valence-electron chi connectivity index (χ2n) is 4.35. The largest absolute Gasteiger partial charge is 0.313 e. The van der Waals surface area contributed by atoms with Crippen molar-refractivity contribution in [3.05, 3.63) is 35.6 Å². The van der Waals surface area contributed by atoms with Crippen molar-refractivity contribution in [2.24, 2.45) is 0 Å². The molecule has 0 radical (unpaired) electrons. The van der Waals surface area contributed by atoms with E-state index in [4.69, 9.17) is 0 Å². The monoisotopic (exact) mass is 224 g/mol. The van der Waals surface area contributed by atoms with Gasteiger partial charge in [0.15, 0.2) is 0 Å². The van der Waals surface area contributed by atoms with Gasteiger partial charge < -0.3 is 10.2 Å². The highest BCUT2D eigenvalue weighted by Gasteiger charge is 2.09. The molecule has 1 aromatic carbocycles. The van der Waals surface area contributed by atoms with Gasteiger partial charge in [0.25, 0.3) is 0 Å². The molecule has 0 bridgehead atoms. The molecule has 90 valence electrons. The van der Waals surface area contributed by atoms with E-state index in [0.29, 0.717) is 6.04 Å². The van der Waals surface area contributed by atoms with Crippen LogP contribution >= 0.6 is 0 Å². The summed E-state index contributed by atoms with van der Waals surface area (Å²) >= 11 is 0. The van der Waals surface area contributed by atoms with Crippen LogP contribution in [0.15, 0.2) is 24.3 Å². The minimum Gasteiger partial charge on any atom is -0.313 e. The molecule has 1 N–H and O–H groups in total. The highest BCUT2D eigenvalue weighted by molar-refractivity contribution is 5.17. The van der Waals surface area contributed by atoms with Gasteiger partial charge in [0, 0.05) is 12.6 Å². The van der Waals surface area contributed by atoms with Gasteiger partial charge in [-0.05, 0) is 44.8 Å². The van der Waals surface area contributed by atoms with Crippen molar-refractivity contribution in [3.8, 4) is 0 Å². The van der Waals surface area contributed by atoms with Crippen LogP contribution in [0.2, 0.25) is 0 Å². The van der Waals surface area contributed by atoms with Gasteiger partial charge in [0.05, 0.1) is 0 Å². The fraction of sp³-hybridized carbons (Fsp3) is 0.538. The predicted octanol–water partition coefficient (Wildman–Crippen LogP) is 1.91. The number of rotatable bonds is 6. The van der Waals surface area contributed by atoms with Crippen molar-refractivity contribution in [1.29, 1.82) is 0 Å². The maximum Gasteiger partial charge on any atom is 0.123 e. The molecule has 1 atom stereocenters. The highest BCUT2D eigenvalue weighted by atomic mass is 19.1. The molecule has 1 aromatic rings. The molecule has 1 unspecified atom stereocenters. The lowest BCUT2D eigenvalue weighted by molar-refractivity contribution is 0.339. The Labute approximate surface area is 97.5 Å². The topological polar surface area (TPSA) is 15.3 Å². The summed E-state index contributed by atoms with van der Waals surface area (Å²) in [4.78, 5) is 2.16. The summed E-state index contributed by atoms with van der Waals surface area (Å²) in [6.07, 6.45) is 0.937. The van der Waals surface area contributed by atoms with E-state index in [-0.39, 0.29) is 5.82 Å². The van der Waals surface area contributed by atoms with Gasteiger partial charge in [-0.1, -0.05) is 19.1 Å². The number of hydrogen-bond acceptors (Lipinski definition) is 2. The Balaban J connectivity index is 2.56. The van der Waals surface area contributed by atoms with Crippen molar-refractivity contribution in [1.82, 2.24) is 10.2 Å². The number of benzene rings is 1. The first-order chi connectivity index (χ1) is 7.61. The molecule has 0 heterocycles. The summed E-state index contributed by atoms with van der Waals surface area (Å²) < 4.78 is 12.8. The lowest BCUT2D eigenvalue weighted by atomic mass is 10.1. The van der Waals surface area contributed by atoms with E-state index in [1.807, 2.05) is 12.1 Å². The number of hydrogen-bond donors (Lipinski definition) is 1. The SMILES string of the molecule is CCNC(Cc1ccc(F)cc1)CN(C)C. The molecule has 0 aromatic heterocycles. The maximum absolute atomic E-state index is 12.8. The summed E-state index contributed by atoms with van der Waals surface area (Å²) in [5.41, 5.74) is 1.18. The molecule has 0 fully saturated rings. The first-order valence-corrected chi connectivity index (χ1v) is 5.74. The molecule has 0 saturated carbocycles. The van der Waals surface area contributed by atoms with Gasteiger partial charge in [-0.2, -0.15) is 0 Å². The quantitative estimate of drug-likeness (QED) is 0.794. The Hall–Kier alpha value is -0.930. The summed E-state index contributed by atoms with van der Waals surface area (Å²) in [5.74, 6) is -0.170. The number of nitrogens with one attached hydrogen (secondary N) is 1. The summed E-state index contributed by atoms with van der Waals surface area (Å²) in [7, 11) is 4.13. The third-order valence-electron chi connectivity index (χ3n) is 2.47. The van der Waals surface area contributed by atoms with Gasteiger partial charge >= 0.3 is 0 Å². The van der Waals surface area contributed by atoms with Crippen LogP contribution < -0.4 is 5.32 Å². The van der Waals surface area contributed by atoms with Gasteiger partial charge in [-0.3, -0.25) is 0 Å². The molecule has 2 nitrogen and oxygen atoms in total. The summed E-state index contributed by atoms with van der Waals surface area (Å²) in [6, 6.07) is 7.18. The van der Waals surface area contributed by atoms with E-state index in [9.17, 15) is 4.39 Å². The van der Waals surface area contributed by atoms with E-state index < -0.39 is 0 Å². The first kappa shape index (κ1) is 13.1. The molecule has 16 heavy (non-hydrogen) atoms. The molecule has 3 heteroatoms. The molecular formula is C13H21FN2. The van der Waals surface area contributed by atoms with Crippen LogP contribution in [-0.2, 0) is 6.42 Å². The van der Waals surface area contributed by atoms with E-state index in [0.717, 1.165) is 19.5 Å². The fourth-order valence-electron chi connectivity index (χ4n) is 1.84. The zero-order chi connectivity index (χ0) is 12.0. The van der Waals surface area contributed by atoms with Crippen LogP contribution in [0.25, 0.3) is 0 Å². The minimum absolute atomic E-state index is 0.170. The van der Waals surface area contributed by atoms with Crippen LogP contribution in [0, 0.1) is 5.82 Å². The van der Waals surface area contributed by atoms with Gasteiger partial charge in [0.2, 0.25) is 0 Å². The third-order valence-corrected chi connectivity index (χ3v) is 2.47. The Morgan fingerprint density at radius 3 is 2.38 bits per heavy atom. The minimum atomic E-state index is -0.170. The zero-order valence-electron chi connectivity index (χ0n) is 10.3. The van der Waals surface area contributed by atoms with Crippen LogP contribution in [-0.4, -0.2) is 38.1 Å². The molecule has 0 saturated heterocycles. The third kappa shape index (κ3) is 4.73. The van der Waals surface area contributed by atoms with E-state index in [1.165, 1.54) is 17.7 Å². The number of likely N-dealkylation sites (N-methyl/N-ethyl adjacent to an activating group) is 2. The molecular weight excluding hydrogens is 203 g/mol. The molecule has 0 aliphatic carbocycles. The number of nitrogens with zero attached hydrogens (tertiary/aromatic N) is 1. The second-order valence-corrected chi connectivity index (χ2v) is 4.35. The highest BCUT2D eigenvalue weighted by Crippen LogP contribution is 2.06. The second kappa shape index (κ2) is 6.61. The standard InChI is InChI=1S/C13H21FN2/c1-4-15-13(10-16(2)3)9-11-5-7-12(14)8-6-11/h5-8,13,15H,4,9-10H2,1-3H3. The lowest BCUT2D eigenvalue weighted by Gasteiger charge is -2.21. The van der Waals surface area contributed by atoms with Crippen molar-refractivity contribution >= 4 is 0 Å². The molecule has 0 aliphatic rings. The van der Waals surface area contributed by atoms with Crippen molar-refractivity contribution in [3.63, 3.8) is 0 Å². The van der Waals surface area contributed by atoms with Crippen LogP contribution in [0.3, 0.4) is 0 Å². The van der Waals surface area contributed by atoms with Gasteiger partial charge in [0.1, 0.15) is 5.82 Å². The van der Waals surface area contributed by atoms with E-state index in [1.54, 1.807) is 0 Å². The molecule has 1 rings (SSSR count). The van der Waals surface area contributed by atoms with Crippen molar-refractivity contribution < 1.29 is 4.39 Å². The predicted molar refractivity (Wildman–Crippen MR) is 66.1 cm³/mol. The van der Waals surface area contributed by atoms with Gasteiger partial charge in [-0.25, -0.2) is 4.39 Å². The first-order valence-electron chi connectivity index (χ1n) is 5.74. The van der Waals surface area contributed by atoms with Gasteiger partial charge in [-0.15, -0.1) is 0 Å². The average Bonchev–Trinajstić information content (AvgIpc) is 2.21. The Kier molecular flexibility index (Phi) is 5.43. The van der Waals surface area contributed by atoms with Crippen LogP contribution in [0.1, 0.15) is 12.5 Å². The van der Waals surface area contributed by atoms with Crippen molar-refractivity contribution in [2.75, 3.05) is 27.2 Å². The summed E-state index contributed by atoms with van der Waals surface area (Å²) in [6.45, 7) is 4.05. The normalized spacial score (nSPS) is 13.1. The maximum atomic E-state index is 12.8. The van der Waals surface area contributed by atoms with E-state index >= 15 is 0 Å². The Morgan fingerprint density at radius 1 is 1.25 bits per heavy atom. The van der Waals surface area contributed by atoms with E-state index in [2.05, 4.69) is 31.2 Å². The molecule has 0 aliphatic heterocycles. The Bertz CT molecular complexity index is 295. The lowest BCUT2D eigenvalue weighted by Crippen LogP contribution is -2.39. The van der Waals surface area contributed by atoms with Crippen molar-refractivity contribution in [2.45, 2.75) is 19.4 Å². The fourth-order valence-corrected chi connectivity index (χ4v) is 1.84. The summed E-state index contributed by atoms with van der Waals surface area (Å²) in [5, 5.41) is 3.44. The molecule has 0 amide bonds. The smallest absolute Gasteiger partial charge is 0.123 e. The molecule has 0 spiro atoms. The van der Waals surface area contributed by atoms with Crippen LogP contribution in [0.4, 0.5) is 4.39 Å². The van der Waals surface area contributed by atoms with Crippen LogP contribution in [0.5, 0.6) is 0 Å². The number of halogens is 1. The average molecular weight is 224 g/mol. The Morgan fingerprint density at radius 2 is 1.88 bits per heavy atom.